The number of aliphatic imine (C=N–C) groups is 1. The molecule has 0 amide bonds. The van der Waals surface area contributed by atoms with Crippen molar-refractivity contribution in [2.45, 2.75) is 25.7 Å². The molecule has 0 bridgehead atoms. The van der Waals surface area contributed by atoms with Crippen LogP contribution >= 0.6 is 0 Å². The minimum absolute atomic E-state index is 0.281. The fourth-order valence-electron chi connectivity index (χ4n) is 4.67. The van der Waals surface area contributed by atoms with Crippen LogP contribution in [0.4, 0.5) is 0 Å². The summed E-state index contributed by atoms with van der Waals surface area (Å²) in [5, 5.41) is 15.1. The van der Waals surface area contributed by atoms with E-state index in [9.17, 15) is 5.26 Å². The Morgan fingerprint density at radius 2 is 1.83 bits per heavy atom. The number of para-hydroxylation sites is 1. The normalized spacial score (nSPS) is 17.3. The first-order chi connectivity index (χ1) is 17.1. The quantitative estimate of drug-likeness (QED) is 0.388. The largest absolute Gasteiger partial charge is 0.493 e. The molecule has 0 aliphatic carbocycles. The standard InChI is InChI=1S/C27H27N5O3/c1-18-24-25(19-11-12-22(33-2)23(15-19)34-3)21(16-28)26(29-17-31-13-7-8-14-31)35-27(24)32(30-18)20-9-5-4-6-10-20/h4-6,9-12,15,17,25H,7-8,13-14H2,1-3H3/b29-17+. The molecule has 1 fully saturated rings. The lowest BCUT2D eigenvalue weighted by molar-refractivity contribution is 0.353. The Hall–Kier alpha value is -4.25. The fraction of sp³-hybridized carbons (Fsp3) is 0.296. The zero-order chi connectivity index (χ0) is 24.4. The summed E-state index contributed by atoms with van der Waals surface area (Å²) in [5.41, 5.74) is 3.77. The zero-order valence-electron chi connectivity index (χ0n) is 20.1. The molecule has 8 heteroatoms. The lowest BCUT2D eigenvalue weighted by atomic mass is 9.84. The van der Waals surface area contributed by atoms with E-state index in [-0.39, 0.29) is 5.88 Å². The second-order valence-electron chi connectivity index (χ2n) is 8.52. The third-order valence-electron chi connectivity index (χ3n) is 6.40. The predicted octanol–water partition coefficient (Wildman–Crippen LogP) is 4.58. The number of hydrogen-bond donors (Lipinski definition) is 0. The van der Waals surface area contributed by atoms with E-state index in [1.54, 1.807) is 25.2 Å². The van der Waals surface area contributed by atoms with Gasteiger partial charge in [0, 0.05) is 13.1 Å². The second-order valence-corrected chi connectivity index (χ2v) is 8.52. The van der Waals surface area contributed by atoms with Crippen molar-refractivity contribution in [1.29, 1.82) is 5.26 Å². The van der Waals surface area contributed by atoms with Gasteiger partial charge in [0.25, 0.3) is 0 Å². The molecule has 178 valence electrons. The van der Waals surface area contributed by atoms with Gasteiger partial charge in [0.05, 0.1) is 43.4 Å². The van der Waals surface area contributed by atoms with Crippen LogP contribution in [0.5, 0.6) is 17.4 Å². The Bertz CT molecular complexity index is 1330. The van der Waals surface area contributed by atoms with Crippen molar-refractivity contribution < 1.29 is 14.2 Å². The van der Waals surface area contributed by atoms with Crippen molar-refractivity contribution in [3.8, 4) is 29.1 Å². The maximum absolute atomic E-state index is 10.3. The third-order valence-corrected chi connectivity index (χ3v) is 6.40. The molecular weight excluding hydrogens is 442 g/mol. The zero-order valence-corrected chi connectivity index (χ0v) is 20.1. The second kappa shape index (κ2) is 9.55. The molecule has 1 aromatic heterocycles. The molecule has 0 spiro atoms. The summed E-state index contributed by atoms with van der Waals surface area (Å²) in [5.74, 6) is 1.62. The summed E-state index contributed by atoms with van der Waals surface area (Å²) >= 11 is 0. The van der Waals surface area contributed by atoms with Gasteiger partial charge in [-0.2, -0.15) is 10.4 Å². The van der Waals surface area contributed by atoms with E-state index < -0.39 is 5.92 Å². The summed E-state index contributed by atoms with van der Waals surface area (Å²) < 4.78 is 19.1. The minimum atomic E-state index is -0.424. The van der Waals surface area contributed by atoms with E-state index in [0.29, 0.717) is 23.0 Å². The van der Waals surface area contributed by atoms with Crippen LogP contribution in [-0.2, 0) is 0 Å². The molecular formula is C27H27N5O3. The van der Waals surface area contributed by atoms with Crippen molar-refractivity contribution in [2.75, 3.05) is 27.3 Å². The van der Waals surface area contributed by atoms with Gasteiger partial charge in [-0.15, -0.1) is 0 Å². The number of nitriles is 1. The van der Waals surface area contributed by atoms with E-state index in [2.05, 4.69) is 16.0 Å². The predicted molar refractivity (Wildman–Crippen MR) is 132 cm³/mol. The van der Waals surface area contributed by atoms with Crippen LogP contribution in [0.1, 0.15) is 35.6 Å². The summed E-state index contributed by atoms with van der Waals surface area (Å²) in [7, 11) is 3.20. The fourth-order valence-corrected chi connectivity index (χ4v) is 4.67. The molecule has 2 aromatic carbocycles. The Balaban J connectivity index is 1.70. The number of likely N-dealkylation sites (tertiary alicyclic amines) is 1. The highest BCUT2D eigenvalue weighted by Gasteiger charge is 2.37. The number of ether oxygens (including phenoxy) is 3. The average Bonchev–Trinajstić information content (AvgIpc) is 3.54. The lowest BCUT2D eigenvalue weighted by Gasteiger charge is -2.25. The highest BCUT2D eigenvalue weighted by atomic mass is 16.5. The highest BCUT2D eigenvalue weighted by molar-refractivity contribution is 5.62. The molecule has 1 atom stereocenters. The molecule has 5 rings (SSSR count). The van der Waals surface area contributed by atoms with Gasteiger partial charge in [-0.25, -0.2) is 9.67 Å². The number of nitrogens with zero attached hydrogens (tertiary/aromatic N) is 5. The number of allylic oxidation sites excluding steroid dienone is 1. The number of benzene rings is 2. The van der Waals surface area contributed by atoms with Crippen molar-refractivity contribution in [3.05, 3.63) is 76.8 Å². The van der Waals surface area contributed by atoms with E-state index >= 15 is 0 Å². The number of fused-ring (bicyclic) bond motifs is 1. The van der Waals surface area contributed by atoms with Crippen LogP contribution in [0.15, 0.2) is 65.0 Å². The molecule has 2 aliphatic rings. The van der Waals surface area contributed by atoms with Gasteiger partial charge in [0.15, 0.2) is 11.5 Å². The molecule has 1 saturated heterocycles. The summed E-state index contributed by atoms with van der Waals surface area (Å²) in [6, 6.07) is 17.9. The SMILES string of the molecule is COc1ccc(C2C(C#N)=C(/N=C/N3CCCC3)Oc3c2c(C)nn3-c2ccccc2)cc1OC. The molecule has 0 N–H and O–H groups in total. The van der Waals surface area contributed by atoms with Gasteiger partial charge < -0.3 is 19.1 Å². The van der Waals surface area contributed by atoms with Gasteiger partial charge >= 0.3 is 0 Å². The first-order valence-electron chi connectivity index (χ1n) is 11.6. The summed E-state index contributed by atoms with van der Waals surface area (Å²) in [4.78, 5) is 6.80. The lowest BCUT2D eigenvalue weighted by Crippen LogP contribution is -2.20. The van der Waals surface area contributed by atoms with Crippen LogP contribution in [0.25, 0.3) is 5.69 Å². The molecule has 8 nitrogen and oxygen atoms in total. The van der Waals surface area contributed by atoms with Crippen LogP contribution < -0.4 is 14.2 Å². The molecule has 3 heterocycles. The van der Waals surface area contributed by atoms with Crippen molar-refractivity contribution in [3.63, 3.8) is 0 Å². The summed E-state index contributed by atoms with van der Waals surface area (Å²) in [6.07, 6.45) is 4.05. The van der Waals surface area contributed by atoms with E-state index in [4.69, 9.17) is 19.3 Å². The average molecular weight is 470 g/mol. The molecule has 35 heavy (non-hydrogen) atoms. The molecule has 0 saturated carbocycles. The Labute approximate surface area is 204 Å². The Morgan fingerprint density at radius 3 is 2.51 bits per heavy atom. The molecule has 1 unspecified atom stereocenters. The number of hydrogen-bond acceptors (Lipinski definition) is 6. The van der Waals surface area contributed by atoms with Gasteiger partial charge in [0.2, 0.25) is 11.8 Å². The Morgan fingerprint density at radius 1 is 1.09 bits per heavy atom. The highest BCUT2D eigenvalue weighted by Crippen LogP contribution is 2.47. The maximum Gasteiger partial charge on any atom is 0.237 e. The Kier molecular flexibility index (Phi) is 6.15. The van der Waals surface area contributed by atoms with Gasteiger partial charge in [-0.05, 0) is 49.6 Å². The van der Waals surface area contributed by atoms with Crippen molar-refractivity contribution >= 4 is 6.34 Å². The number of aryl methyl sites for hydroxylation is 1. The third kappa shape index (κ3) is 4.10. The van der Waals surface area contributed by atoms with Gasteiger partial charge in [-0.3, -0.25) is 0 Å². The van der Waals surface area contributed by atoms with E-state index in [1.165, 1.54) is 0 Å². The molecule has 0 radical (unpaired) electrons. The first kappa shape index (κ1) is 22.5. The van der Waals surface area contributed by atoms with Crippen molar-refractivity contribution in [2.24, 2.45) is 4.99 Å². The first-order valence-corrected chi connectivity index (χ1v) is 11.6. The van der Waals surface area contributed by atoms with Gasteiger partial charge in [0.1, 0.15) is 11.6 Å². The topological polar surface area (TPSA) is 84.9 Å². The van der Waals surface area contributed by atoms with E-state index in [0.717, 1.165) is 48.4 Å². The molecule has 3 aromatic rings. The summed E-state index contributed by atoms with van der Waals surface area (Å²) in [6.45, 7) is 3.83. The molecule has 2 aliphatic heterocycles. The van der Waals surface area contributed by atoms with Crippen LogP contribution in [0.2, 0.25) is 0 Å². The monoisotopic (exact) mass is 469 g/mol. The van der Waals surface area contributed by atoms with Crippen LogP contribution in [0.3, 0.4) is 0 Å². The van der Waals surface area contributed by atoms with Crippen molar-refractivity contribution in [1.82, 2.24) is 14.7 Å². The van der Waals surface area contributed by atoms with Gasteiger partial charge in [-0.1, -0.05) is 24.3 Å². The number of aromatic nitrogens is 2. The van der Waals surface area contributed by atoms with Crippen LogP contribution in [0, 0.1) is 18.3 Å². The smallest absolute Gasteiger partial charge is 0.237 e. The minimum Gasteiger partial charge on any atom is -0.493 e. The maximum atomic E-state index is 10.3. The number of methoxy groups -OCH3 is 2. The number of rotatable bonds is 6. The van der Waals surface area contributed by atoms with Crippen LogP contribution in [-0.4, -0.2) is 48.3 Å². The van der Waals surface area contributed by atoms with E-state index in [1.807, 2.05) is 55.5 Å².